The Labute approximate surface area is 227 Å². The average molecular weight is 535 g/mol. The molecule has 8 heteroatoms. The van der Waals surface area contributed by atoms with Gasteiger partial charge in [-0.1, -0.05) is 35.9 Å². The third-order valence-electron chi connectivity index (χ3n) is 7.70. The molecule has 4 aromatic rings. The summed E-state index contributed by atoms with van der Waals surface area (Å²) in [6.45, 7) is 6.58. The van der Waals surface area contributed by atoms with Crippen LogP contribution in [0.5, 0.6) is 5.75 Å². The van der Waals surface area contributed by atoms with Crippen molar-refractivity contribution in [2.45, 2.75) is 57.9 Å². The van der Waals surface area contributed by atoms with Crippen LogP contribution < -0.4 is 4.74 Å². The summed E-state index contributed by atoms with van der Waals surface area (Å²) in [5.74, 6) is 1.93. The maximum absolute atomic E-state index is 14.3. The summed E-state index contributed by atoms with van der Waals surface area (Å²) in [5, 5.41) is 0.386. The minimum absolute atomic E-state index is 0.174. The summed E-state index contributed by atoms with van der Waals surface area (Å²) in [4.78, 5) is 12.2. The Balaban J connectivity index is 1.12. The summed E-state index contributed by atoms with van der Waals surface area (Å²) in [6.07, 6.45) is 3.39. The van der Waals surface area contributed by atoms with Gasteiger partial charge in [0.1, 0.15) is 29.5 Å². The minimum atomic E-state index is -0.344. The molecule has 198 valence electrons. The van der Waals surface area contributed by atoms with Gasteiger partial charge in [-0.15, -0.1) is 0 Å². The molecular formula is C30H32ClFN4O2. The number of benzene rings is 2. The van der Waals surface area contributed by atoms with Crippen molar-refractivity contribution >= 4 is 22.8 Å². The average Bonchev–Trinajstić information content (AvgIpc) is 3.22. The third kappa shape index (κ3) is 5.41. The topological polar surface area (TPSA) is 52.4 Å². The molecule has 0 saturated carbocycles. The van der Waals surface area contributed by atoms with Gasteiger partial charge >= 0.3 is 0 Å². The number of para-hydroxylation sites is 1. The second-order valence-electron chi connectivity index (χ2n) is 10.3. The van der Waals surface area contributed by atoms with Crippen molar-refractivity contribution in [2.75, 3.05) is 19.7 Å². The third-order valence-corrected chi connectivity index (χ3v) is 7.93. The molecule has 0 amide bonds. The first kappa shape index (κ1) is 25.3. The van der Waals surface area contributed by atoms with Gasteiger partial charge < -0.3 is 14.0 Å². The molecule has 38 heavy (non-hydrogen) atoms. The normalized spacial score (nSPS) is 18.6. The van der Waals surface area contributed by atoms with E-state index in [9.17, 15) is 4.39 Å². The lowest BCUT2D eigenvalue weighted by Gasteiger charge is -2.33. The van der Waals surface area contributed by atoms with E-state index < -0.39 is 0 Å². The first-order valence-corrected chi connectivity index (χ1v) is 13.7. The second kappa shape index (κ2) is 11.0. The van der Waals surface area contributed by atoms with Gasteiger partial charge in [0.25, 0.3) is 0 Å². The number of piperidine rings is 1. The molecule has 6 rings (SSSR count). The van der Waals surface area contributed by atoms with E-state index in [1.165, 1.54) is 11.6 Å². The van der Waals surface area contributed by atoms with Gasteiger partial charge in [0.2, 0.25) is 0 Å². The molecule has 2 aromatic carbocycles. The Morgan fingerprint density at radius 3 is 2.63 bits per heavy atom. The highest BCUT2D eigenvalue weighted by atomic mass is 35.5. The number of aromatic nitrogens is 3. The number of halogens is 2. The zero-order valence-corrected chi connectivity index (χ0v) is 22.3. The van der Waals surface area contributed by atoms with Gasteiger partial charge in [-0.2, -0.15) is 0 Å². The van der Waals surface area contributed by atoms with Crippen LogP contribution in [0.25, 0.3) is 11.2 Å². The zero-order valence-electron chi connectivity index (χ0n) is 21.6. The zero-order chi connectivity index (χ0) is 26.1. The Hall–Kier alpha value is -3.00. The fourth-order valence-electron chi connectivity index (χ4n) is 5.43. The molecular weight excluding hydrogens is 503 g/mol. The van der Waals surface area contributed by atoms with Crippen LogP contribution in [-0.2, 0) is 24.4 Å². The Morgan fingerprint density at radius 2 is 1.87 bits per heavy atom. The number of likely N-dealkylation sites (tertiary alicyclic amines) is 1. The number of hydrogen-bond donors (Lipinski definition) is 0. The Bertz CT molecular complexity index is 1430. The van der Waals surface area contributed by atoms with E-state index >= 15 is 0 Å². The highest BCUT2D eigenvalue weighted by molar-refractivity contribution is 6.30. The molecule has 2 aromatic heterocycles. The van der Waals surface area contributed by atoms with Crippen LogP contribution >= 0.6 is 11.6 Å². The Kier molecular flexibility index (Phi) is 7.32. The lowest BCUT2D eigenvalue weighted by atomic mass is 9.89. The van der Waals surface area contributed by atoms with E-state index in [4.69, 9.17) is 31.0 Å². The maximum Gasteiger partial charge on any atom is 0.160 e. The van der Waals surface area contributed by atoms with Crippen LogP contribution in [0.15, 0.2) is 54.6 Å². The maximum atomic E-state index is 14.3. The van der Waals surface area contributed by atoms with E-state index in [-0.39, 0.29) is 18.5 Å². The Morgan fingerprint density at radius 1 is 1.05 bits per heavy atom. The molecule has 4 heterocycles. The SMILES string of the molecule is Cc1ccc2nc(CN3CCC(c4ccccc4OCc4ccc(Cl)cc4F)CC3)n(C[C@@H]3CCO3)c2n1. The van der Waals surface area contributed by atoms with Crippen LogP contribution in [0.1, 0.15) is 47.8 Å². The first-order chi connectivity index (χ1) is 18.5. The molecule has 0 spiro atoms. The van der Waals surface area contributed by atoms with E-state index in [0.29, 0.717) is 16.5 Å². The summed E-state index contributed by atoms with van der Waals surface area (Å²) in [6, 6.07) is 16.9. The molecule has 0 unspecified atom stereocenters. The van der Waals surface area contributed by atoms with Gasteiger partial charge in [0.05, 0.1) is 19.2 Å². The van der Waals surface area contributed by atoms with Crippen molar-refractivity contribution in [1.82, 2.24) is 19.4 Å². The van der Waals surface area contributed by atoms with Crippen LogP contribution in [0.4, 0.5) is 4.39 Å². The fraction of sp³-hybridized carbons (Fsp3) is 0.400. The number of aryl methyl sites for hydroxylation is 1. The van der Waals surface area contributed by atoms with Crippen LogP contribution in [-0.4, -0.2) is 45.2 Å². The fourth-order valence-corrected chi connectivity index (χ4v) is 5.59. The number of fused-ring (bicyclic) bond motifs is 1. The lowest BCUT2D eigenvalue weighted by molar-refractivity contribution is -0.0593. The number of nitrogens with zero attached hydrogens (tertiary/aromatic N) is 4. The van der Waals surface area contributed by atoms with Crippen LogP contribution in [0.3, 0.4) is 0 Å². The molecule has 2 aliphatic heterocycles. The van der Waals surface area contributed by atoms with Crippen molar-refractivity contribution < 1.29 is 13.9 Å². The van der Waals surface area contributed by atoms with Crippen LogP contribution in [0.2, 0.25) is 5.02 Å². The highest BCUT2D eigenvalue weighted by Crippen LogP contribution is 2.35. The molecule has 6 nitrogen and oxygen atoms in total. The predicted octanol–water partition coefficient (Wildman–Crippen LogP) is 6.28. The molecule has 0 aliphatic carbocycles. The number of pyridine rings is 1. The molecule has 2 saturated heterocycles. The van der Waals surface area contributed by atoms with Crippen molar-refractivity contribution in [1.29, 1.82) is 0 Å². The minimum Gasteiger partial charge on any atom is -0.489 e. The van der Waals surface area contributed by atoms with Gasteiger partial charge in [0, 0.05) is 22.9 Å². The van der Waals surface area contributed by atoms with E-state index in [2.05, 4.69) is 27.7 Å². The summed E-state index contributed by atoms with van der Waals surface area (Å²) in [5.41, 5.74) is 4.59. The smallest absolute Gasteiger partial charge is 0.160 e. The molecule has 0 radical (unpaired) electrons. The number of rotatable bonds is 8. The van der Waals surface area contributed by atoms with Gasteiger partial charge in [-0.3, -0.25) is 4.90 Å². The van der Waals surface area contributed by atoms with Crippen molar-refractivity contribution in [3.63, 3.8) is 0 Å². The quantitative estimate of drug-likeness (QED) is 0.266. The largest absolute Gasteiger partial charge is 0.489 e. The van der Waals surface area contributed by atoms with E-state index in [1.807, 2.05) is 25.1 Å². The number of ether oxygens (including phenoxy) is 2. The summed E-state index contributed by atoms with van der Waals surface area (Å²) in [7, 11) is 0. The van der Waals surface area contributed by atoms with Gasteiger partial charge in [-0.05, 0) is 81.1 Å². The number of hydrogen-bond acceptors (Lipinski definition) is 5. The van der Waals surface area contributed by atoms with Crippen molar-refractivity contribution in [2.24, 2.45) is 0 Å². The lowest BCUT2D eigenvalue weighted by Crippen LogP contribution is -2.35. The van der Waals surface area contributed by atoms with Crippen LogP contribution in [0, 0.1) is 12.7 Å². The summed E-state index contributed by atoms with van der Waals surface area (Å²) >= 11 is 5.89. The molecule has 2 aliphatic rings. The van der Waals surface area contributed by atoms with E-state index in [1.54, 1.807) is 12.1 Å². The molecule has 0 bridgehead atoms. The molecule has 1 atom stereocenters. The van der Waals surface area contributed by atoms with Gasteiger partial charge in [-0.25, -0.2) is 14.4 Å². The standard InChI is InChI=1S/C30H32ClFN4O2/c1-20-6-9-27-30(33-20)36(17-24-12-15-37-24)29(34-27)18-35-13-10-21(11-14-35)25-4-2-3-5-28(25)38-19-22-7-8-23(31)16-26(22)32/h2-9,16,21,24H,10-15,17-19H2,1H3/t24-/m0/s1. The predicted molar refractivity (Wildman–Crippen MR) is 146 cm³/mol. The van der Waals surface area contributed by atoms with Crippen molar-refractivity contribution in [3.8, 4) is 5.75 Å². The number of imidazole rings is 1. The monoisotopic (exact) mass is 534 g/mol. The second-order valence-corrected chi connectivity index (χ2v) is 10.8. The molecule has 0 N–H and O–H groups in total. The molecule has 2 fully saturated rings. The van der Waals surface area contributed by atoms with Gasteiger partial charge in [0.15, 0.2) is 5.65 Å². The highest BCUT2D eigenvalue weighted by Gasteiger charge is 2.26. The van der Waals surface area contributed by atoms with Crippen molar-refractivity contribution in [3.05, 3.63) is 88.1 Å². The van der Waals surface area contributed by atoms with E-state index in [0.717, 1.165) is 80.5 Å². The first-order valence-electron chi connectivity index (χ1n) is 13.4. The summed E-state index contributed by atoms with van der Waals surface area (Å²) < 4.78 is 28.3.